The fraction of sp³-hybridized carbons (Fsp3) is 0.333. The number of ether oxygens (including phenoxy) is 1. The molecule has 0 radical (unpaired) electrons. The van der Waals surface area contributed by atoms with Gasteiger partial charge in [0.05, 0.1) is 0 Å². The summed E-state index contributed by atoms with van der Waals surface area (Å²) in [5.41, 5.74) is 0. The normalized spacial score (nSPS) is 10.3. The summed E-state index contributed by atoms with van der Waals surface area (Å²) in [5, 5.41) is 0. The van der Waals surface area contributed by atoms with Gasteiger partial charge in [0.1, 0.15) is 0 Å². The topological polar surface area (TPSA) is 9.23 Å². The Hall–Kier alpha value is -0.383. The van der Waals surface area contributed by atoms with Crippen molar-refractivity contribution in [3.8, 4) is 5.75 Å². The van der Waals surface area contributed by atoms with Gasteiger partial charge in [-0.2, -0.15) is 0 Å². The van der Waals surface area contributed by atoms with Crippen LogP contribution in [0.4, 0.5) is 0 Å². The van der Waals surface area contributed by atoms with Gasteiger partial charge in [0.15, 0.2) is 0 Å². The number of benzene rings is 1. The van der Waals surface area contributed by atoms with Crippen molar-refractivity contribution in [3.63, 3.8) is 0 Å². The van der Waals surface area contributed by atoms with Crippen LogP contribution >= 0.6 is 0 Å². The van der Waals surface area contributed by atoms with Crippen molar-refractivity contribution in [2.24, 2.45) is 0 Å². The molecule has 1 rings (SSSR count). The molecule has 0 fully saturated rings. The summed E-state index contributed by atoms with van der Waals surface area (Å²) in [6, 6.07) is 8.09. The minimum atomic E-state index is 0.261. The Balaban J connectivity index is 2.71. The Morgan fingerprint density at radius 3 is 2.64 bits per heavy atom. The standard InChI is InChI=1S/C9H11O.Li/c1-8(2)10-9-6-4-3-5-7-9;/h3-4,6-8H,1-2H3;. The van der Waals surface area contributed by atoms with Gasteiger partial charge in [-0.15, -0.1) is 0 Å². The van der Waals surface area contributed by atoms with Crippen LogP contribution in [0.3, 0.4) is 0 Å². The Kier molecular flexibility index (Phi) is 3.05. The van der Waals surface area contributed by atoms with Crippen molar-refractivity contribution in [1.82, 2.24) is 0 Å². The predicted molar refractivity (Wildman–Crippen MR) is 47.6 cm³/mol. The monoisotopic (exact) mass is 142 g/mol. The van der Waals surface area contributed by atoms with E-state index in [4.69, 9.17) is 4.74 Å². The molecule has 11 heavy (non-hydrogen) atoms. The number of hydrogen-bond donors (Lipinski definition) is 0. The Morgan fingerprint density at radius 1 is 1.36 bits per heavy atom. The number of rotatable bonds is 2. The van der Waals surface area contributed by atoms with Gasteiger partial charge in [0.25, 0.3) is 0 Å². The van der Waals surface area contributed by atoms with E-state index in [-0.39, 0.29) is 6.10 Å². The van der Waals surface area contributed by atoms with E-state index < -0.39 is 0 Å². The molecule has 54 valence electrons. The second kappa shape index (κ2) is 3.85. The van der Waals surface area contributed by atoms with Gasteiger partial charge in [-0.3, -0.25) is 0 Å². The molecule has 2 heteroatoms. The van der Waals surface area contributed by atoms with Crippen LogP contribution < -0.4 is 8.97 Å². The molecule has 0 amide bonds. The SMILES string of the molecule is [Li][c]1cccc(OC(C)C)c1. The van der Waals surface area contributed by atoms with E-state index in [9.17, 15) is 0 Å². The van der Waals surface area contributed by atoms with Gasteiger partial charge < -0.3 is 0 Å². The van der Waals surface area contributed by atoms with E-state index in [1.807, 2.05) is 32.0 Å². The van der Waals surface area contributed by atoms with Crippen LogP contribution in [0.25, 0.3) is 0 Å². The van der Waals surface area contributed by atoms with Gasteiger partial charge in [0, 0.05) is 0 Å². The first-order valence-electron chi connectivity index (χ1n) is 3.92. The van der Waals surface area contributed by atoms with Crippen LogP contribution in [0.1, 0.15) is 13.8 Å². The van der Waals surface area contributed by atoms with Crippen LogP contribution in [0.5, 0.6) is 5.75 Å². The van der Waals surface area contributed by atoms with Gasteiger partial charge >= 0.3 is 76.7 Å². The average molecular weight is 142 g/mol. The van der Waals surface area contributed by atoms with Gasteiger partial charge in [-0.25, -0.2) is 0 Å². The fourth-order valence-corrected chi connectivity index (χ4v) is 0.961. The van der Waals surface area contributed by atoms with E-state index in [0.29, 0.717) is 0 Å². The Bertz CT molecular complexity index is 233. The van der Waals surface area contributed by atoms with E-state index in [1.165, 1.54) is 4.24 Å². The molecule has 0 saturated heterocycles. The first-order valence-corrected chi connectivity index (χ1v) is 3.92. The summed E-state index contributed by atoms with van der Waals surface area (Å²) in [4.78, 5) is 0. The van der Waals surface area contributed by atoms with Crippen molar-refractivity contribution in [2.45, 2.75) is 20.0 Å². The van der Waals surface area contributed by atoms with Crippen molar-refractivity contribution in [1.29, 1.82) is 0 Å². The average Bonchev–Trinajstić information content (AvgIpc) is 1.85. The molecule has 0 saturated carbocycles. The molecule has 0 bridgehead atoms. The maximum absolute atomic E-state index is 5.50. The van der Waals surface area contributed by atoms with Gasteiger partial charge in [0.2, 0.25) is 0 Å². The molecule has 0 N–H and O–H groups in total. The van der Waals surface area contributed by atoms with Crippen LogP contribution in [0.15, 0.2) is 24.3 Å². The van der Waals surface area contributed by atoms with Gasteiger partial charge in [-0.1, -0.05) is 0 Å². The zero-order valence-corrected chi connectivity index (χ0v) is 7.29. The van der Waals surface area contributed by atoms with Crippen LogP contribution in [0.2, 0.25) is 0 Å². The second-order valence-corrected chi connectivity index (χ2v) is 2.98. The zero-order valence-electron chi connectivity index (χ0n) is 7.29. The molecule has 0 aliphatic heterocycles. The van der Waals surface area contributed by atoms with Crippen molar-refractivity contribution < 1.29 is 4.74 Å². The molecule has 0 aliphatic rings. The van der Waals surface area contributed by atoms with Crippen molar-refractivity contribution in [3.05, 3.63) is 24.3 Å². The maximum atomic E-state index is 5.50. The molecular formula is C9H11LiO. The van der Waals surface area contributed by atoms with Gasteiger partial charge in [-0.05, 0) is 0 Å². The molecule has 0 aliphatic carbocycles. The van der Waals surface area contributed by atoms with E-state index in [2.05, 4.69) is 23.8 Å². The molecule has 0 aromatic heterocycles. The summed E-state index contributed by atoms with van der Waals surface area (Å²) in [5.74, 6) is 0.958. The molecule has 1 nitrogen and oxygen atoms in total. The quantitative estimate of drug-likeness (QED) is 0.565. The summed E-state index contributed by atoms with van der Waals surface area (Å²) in [6.07, 6.45) is 0.261. The molecule has 0 unspecified atom stereocenters. The van der Waals surface area contributed by atoms with E-state index in [1.54, 1.807) is 0 Å². The molecule has 1 aromatic carbocycles. The van der Waals surface area contributed by atoms with Crippen molar-refractivity contribution >= 4 is 22.0 Å². The Labute approximate surface area is 77.0 Å². The third kappa shape index (κ3) is 3.01. The summed E-state index contributed by atoms with van der Waals surface area (Å²) in [6.45, 7) is 4.06. The summed E-state index contributed by atoms with van der Waals surface area (Å²) in [7, 11) is 0. The zero-order chi connectivity index (χ0) is 8.27. The summed E-state index contributed by atoms with van der Waals surface area (Å²) < 4.78 is 6.73. The number of hydrogen-bond acceptors (Lipinski definition) is 1. The molecule has 1 aromatic rings. The molecule has 0 atom stereocenters. The Morgan fingerprint density at radius 2 is 2.09 bits per heavy atom. The third-order valence-corrected chi connectivity index (χ3v) is 1.36. The van der Waals surface area contributed by atoms with Crippen LogP contribution in [0, 0.1) is 0 Å². The molecular weight excluding hydrogens is 131 g/mol. The van der Waals surface area contributed by atoms with E-state index >= 15 is 0 Å². The summed E-state index contributed by atoms with van der Waals surface area (Å²) >= 11 is 2.06. The minimum absolute atomic E-state index is 0.261. The molecule has 0 spiro atoms. The first-order chi connectivity index (χ1) is 5.18. The third-order valence-electron chi connectivity index (χ3n) is 1.36. The first kappa shape index (κ1) is 8.71. The van der Waals surface area contributed by atoms with Crippen LogP contribution in [-0.4, -0.2) is 23.8 Å². The van der Waals surface area contributed by atoms with Crippen molar-refractivity contribution in [2.75, 3.05) is 0 Å². The predicted octanol–water partition coefficient (Wildman–Crippen LogP) is 1.27. The fourth-order valence-electron chi connectivity index (χ4n) is 0.961. The van der Waals surface area contributed by atoms with Crippen LogP contribution in [-0.2, 0) is 0 Å². The van der Waals surface area contributed by atoms with E-state index in [0.717, 1.165) is 5.75 Å². The second-order valence-electron chi connectivity index (χ2n) is 2.98. The molecule has 0 heterocycles.